The van der Waals surface area contributed by atoms with Crippen LogP contribution in [0.1, 0.15) is 24.4 Å². The van der Waals surface area contributed by atoms with Gasteiger partial charge in [-0.15, -0.1) is 11.3 Å². The zero-order valence-electron chi connectivity index (χ0n) is 10.4. The Morgan fingerprint density at radius 3 is 2.85 bits per heavy atom. The number of hydrogen-bond donors (Lipinski definition) is 1. The molecule has 0 fully saturated rings. The van der Waals surface area contributed by atoms with Crippen molar-refractivity contribution < 1.29 is 8.42 Å². The Balaban J connectivity index is 2.33. The number of halogens is 2. The Hall–Kier alpha value is -0.540. The lowest BCUT2D eigenvalue weighted by molar-refractivity contribution is 0.548. The first-order valence-electron chi connectivity index (χ1n) is 5.67. The van der Waals surface area contributed by atoms with Gasteiger partial charge in [0.1, 0.15) is 15.1 Å². The number of aromatic nitrogens is 2. The molecule has 1 unspecified atom stereocenters. The van der Waals surface area contributed by atoms with Crippen molar-refractivity contribution in [2.24, 2.45) is 0 Å². The van der Waals surface area contributed by atoms with Gasteiger partial charge in [0.25, 0.3) is 0 Å². The van der Waals surface area contributed by atoms with E-state index in [4.69, 9.17) is 11.6 Å². The average Bonchev–Trinajstić information content (AvgIpc) is 2.92. The van der Waals surface area contributed by atoms with E-state index in [9.17, 15) is 8.42 Å². The first-order valence-corrected chi connectivity index (χ1v) is 9.20. The van der Waals surface area contributed by atoms with Crippen molar-refractivity contribution in [2.45, 2.75) is 24.3 Å². The molecule has 0 saturated heterocycles. The average molecular weight is 397 g/mol. The second kappa shape index (κ2) is 6.48. The number of thiazole rings is 1. The summed E-state index contributed by atoms with van der Waals surface area (Å²) in [6.07, 6.45) is 3.68. The Morgan fingerprint density at radius 2 is 2.25 bits per heavy atom. The third-order valence-electron chi connectivity index (χ3n) is 2.52. The van der Waals surface area contributed by atoms with Crippen molar-refractivity contribution in [3.8, 4) is 0 Å². The third-order valence-corrected chi connectivity index (χ3v) is 5.74. The highest BCUT2D eigenvalue weighted by Gasteiger charge is 2.24. The van der Waals surface area contributed by atoms with Crippen LogP contribution in [-0.2, 0) is 10.0 Å². The maximum absolute atomic E-state index is 12.4. The zero-order valence-corrected chi connectivity index (χ0v) is 14.4. The van der Waals surface area contributed by atoms with Crippen LogP contribution in [0.4, 0.5) is 0 Å². The minimum Gasteiger partial charge on any atom is -0.248 e. The van der Waals surface area contributed by atoms with Crippen molar-refractivity contribution in [1.82, 2.24) is 14.7 Å². The molecule has 0 amide bonds. The van der Waals surface area contributed by atoms with Crippen LogP contribution in [0.25, 0.3) is 0 Å². The summed E-state index contributed by atoms with van der Waals surface area (Å²) in [5, 5.41) is 2.46. The van der Waals surface area contributed by atoms with Crippen LogP contribution in [0.3, 0.4) is 0 Å². The predicted octanol–water partition coefficient (Wildman–Crippen LogP) is 3.38. The van der Waals surface area contributed by atoms with Gasteiger partial charge >= 0.3 is 0 Å². The van der Waals surface area contributed by atoms with Crippen LogP contribution in [0.2, 0.25) is 5.15 Å². The Kier molecular flexibility index (Phi) is 5.14. The summed E-state index contributed by atoms with van der Waals surface area (Å²) < 4.78 is 27.9. The van der Waals surface area contributed by atoms with E-state index in [0.717, 1.165) is 5.01 Å². The molecule has 0 spiro atoms. The molecule has 108 valence electrons. The molecular formula is C11H11BrClN3O2S2. The molecule has 0 saturated carbocycles. The largest absolute Gasteiger partial charge is 0.248 e. The van der Waals surface area contributed by atoms with E-state index in [2.05, 4.69) is 30.6 Å². The minimum atomic E-state index is -3.76. The molecule has 1 atom stereocenters. The van der Waals surface area contributed by atoms with Gasteiger partial charge in [0, 0.05) is 22.2 Å². The van der Waals surface area contributed by atoms with E-state index in [1.165, 1.54) is 23.6 Å². The number of pyridine rings is 1. The molecule has 9 heteroatoms. The lowest BCUT2D eigenvalue weighted by Crippen LogP contribution is -2.28. The molecule has 2 rings (SSSR count). The Morgan fingerprint density at radius 1 is 1.50 bits per heavy atom. The number of hydrogen-bond acceptors (Lipinski definition) is 5. The van der Waals surface area contributed by atoms with Crippen LogP contribution in [0.15, 0.2) is 33.2 Å². The topological polar surface area (TPSA) is 72.0 Å². The molecule has 1 N–H and O–H groups in total. The second-order valence-electron chi connectivity index (χ2n) is 3.89. The molecule has 2 heterocycles. The second-order valence-corrected chi connectivity index (χ2v) is 7.78. The highest BCUT2D eigenvalue weighted by molar-refractivity contribution is 9.10. The zero-order chi connectivity index (χ0) is 14.8. The standard InChI is InChI=1S/C11H11BrClN3O2S2/c1-2-8(11-14-3-4-19-11)16-20(17,18)9-5-7(12)6-15-10(9)13/h3-6,8,16H,2H2,1H3. The molecule has 2 aromatic heterocycles. The normalized spacial score (nSPS) is 13.3. The smallest absolute Gasteiger partial charge is 0.244 e. The third kappa shape index (κ3) is 3.56. The van der Waals surface area contributed by atoms with Gasteiger partial charge in [-0.2, -0.15) is 0 Å². The van der Waals surface area contributed by atoms with Crippen LogP contribution >= 0.6 is 38.9 Å². The molecule has 2 aromatic rings. The molecule has 0 radical (unpaired) electrons. The quantitative estimate of drug-likeness (QED) is 0.786. The van der Waals surface area contributed by atoms with Gasteiger partial charge in [-0.05, 0) is 28.4 Å². The summed E-state index contributed by atoms with van der Waals surface area (Å²) >= 11 is 10.5. The molecule has 0 bridgehead atoms. The van der Waals surface area contributed by atoms with Gasteiger partial charge in [-0.3, -0.25) is 0 Å². The van der Waals surface area contributed by atoms with Crippen molar-refractivity contribution >= 4 is 48.9 Å². The summed E-state index contributed by atoms with van der Waals surface area (Å²) in [5.74, 6) is 0. The van der Waals surface area contributed by atoms with Crippen LogP contribution < -0.4 is 4.72 Å². The number of nitrogens with one attached hydrogen (secondary N) is 1. The highest BCUT2D eigenvalue weighted by atomic mass is 79.9. The maximum Gasteiger partial charge on any atom is 0.244 e. The lowest BCUT2D eigenvalue weighted by atomic mass is 10.3. The molecule has 0 aliphatic carbocycles. The highest BCUT2D eigenvalue weighted by Crippen LogP contribution is 2.26. The van der Waals surface area contributed by atoms with Crippen molar-refractivity contribution in [2.75, 3.05) is 0 Å². The Labute approximate surface area is 134 Å². The fourth-order valence-electron chi connectivity index (χ4n) is 1.56. The van der Waals surface area contributed by atoms with Gasteiger partial charge in [-0.1, -0.05) is 18.5 Å². The summed E-state index contributed by atoms with van der Waals surface area (Å²) in [6, 6.07) is 1.04. The van der Waals surface area contributed by atoms with Gasteiger partial charge in [0.2, 0.25) is 10.0 Å². The molecule has 0 aliphatic rings. The summed E-state index contributed by atoms with van der Waals surface area (Å²) in [7, 11) is -3.76. The van der Waals surface area contributed by atoms with Crippen LogP contribution in [0.5, 0.6) is 0 Å². The van der Waals surface area contributed by atoms with E-state index in [-0.39, 0.29) is 16.1 Å². The van der Waals surface area contributed by atoms with E-state index in [1.54, 1.807) is 11.6 Å². The minimum absolute atomic E-state index is 0.0523. The maximum atomic E-state index is 12.4. The fraction of sp³-hybridized carbons (Fsp3) is 0.273. The number of rotatable bonds is 5. The lowest BCUT2D eigenvalue weighted by Gasteiger charge is -2.15. The Bertz CT molecular complexity index is 692. The summed E-state index contributed by atoms with van der Waals surface area (Å²) in [5.41, 5.74) is 0. The van der Waals surface area contributed by atoms with Gasteiger partial charge < -0.3 is 0 Å². The van der Waals surface area contributed by atoms with Gasteiger partial charge in [0.15, 0.2) is 0 Å². The molecule has 5 nitrogen and oxygen atoms in total. The monoisotopic (exact) mass is 395 g/mol. The molecule has 20 heavy (non-hydrogen) atoms. The van der Waals surface area contributed by atoms with Crippen molar-refractivity contribution in [3.05, 3.63) is 38.5 Å². The van der Waals surface area contributed by atoms with E-state index >= 15 is 0 Å². The molecule has 0 aliphatic heterocycles. The number of nitrogens with zero attached hydrogens (tertiary/aromatic N) is 2. The van der Waals surface area contributed by atoms with Gasteiger partial charge in [-0.25, -0.2) is 23.1 Å². The van der Waals surface area contributed by atoms with Crippen LogP contribution in [-0.4, -0.2) is 18.4 Å². The van der Waals surface area contributed by atoms with Crippen LogP contribution in [0, 0.1) is 0 Å². The van der Waals surface area contributed by atoms with Crippen molar-refractivity contribution in [1.29, 1.82) is 0 Å². The summed E-state index contributed by atoms with van der Waals surface area (Å²) in [4.78, 5) is 7.91. The van der Waals surface area contributed by atoms with Gasteiger partial charge in [0.05, 0.1) is 6.04 Å². The number of sulfonamides is 1. The SMILES string of the molecule is CCC(NS(=O)(=O)c1cc(Br)cnc1Cl)c1nccs1. The first-order chi connectivity index (χ1) is 9.44. The van der Waals surface area contributed by atoms with Crippen molar-refractivity contribution in [3.63, 3.8) is 0 Å². The molecule has 0 aromatic carbocycles. The fourth-order valence-corrected chi connectivity index (χ4v) is 4.63. The predicted molar refractivity (Wildman–Crippen MR) is 82.4 cm³/mol. The summed E-state index contributed by atoms with van der Waals surface area (Å²) in [6.45, 7) is 1.88. The molecular weight excluding hydrogens is 386 g/mol. The first kappa shape index (κ1) is 15.8. The van der Waals surface area contributed by atoms with E-state index in [1.807, 2.05) is 6.92 Å². The van der Waals surface area contributed by atoms with E-state index < -0.39 is 10.0 Å². The van der Waals surface area contributed by atoms with E-state index in [0.29, 0.717) is 10.9 Å².